The van der Waals surface area contributed by atoms with Crippen LogP contribution in [-0.2, 0) is 10.4 Å². The zero-order chi connectivity index (χ0) is 11.8. The van der Waals surface area contributed by atoms with Crippen LogP contribution in [0.1, 0.15) is 18.9 Å². The van der Waals surface area contributed by atoms with Crippen LogP contribution in [0.5, 0.6) is 0 Å². The van der Waals surface area contributed by atoms with Crippen molar-refractivity contribution in [2.24, 2.45) is 5.16 Å². The van der Waals surface area contributed by atoms with Gasteiger partial charge in [-0.15, -0.1) is 0 Å². The fraction of sp³-hybridized carbons (Fsp3) is 0.364. The van der Waals surface area contributed by atoms with Crippen molar-refractivity contribution in [3.05, 3.63) is 33.8 Å². The molecule has 0 fully saturated rings. The van der Waals surface area contributed by atoms with Crippen molar-refractivity contribution in [3.63, 3.8) is 0 Å². The summed E-state index contributed by atoms with van der Waals surface area (Å²) in [6.07, 6.45) is 0.542. The molecule has 1 atom stereocenters. The predicted octanol–water partition coefficient (Wildman–Crippen LogP) is 2.98. The monoisotopic (exact) mass is 259 g/mol. The smallest absolute Gasteiger partial charge is 0.165 e. The second kappa shape index (κ2) is 4.24. The molecule has 0 saturated carbocycles. The molecule has 0 spiro atoms. The maximum absolute atomic E-state index is 8.99. The number of oxime groups is 1. The largest absolute Gasteiger partial charge is 0.390 e. The van der Waals surface area contributed by atoms with Crippen LogP contribution in [0.25, 0.3) is 0 Å². The van der Waals surface area contributed by atoms with Gasteiger partial charge in [0.1, 0.15) is 0 Å². The maximum Gasteiger partial charge on any atom is 0.165 e. The van der Waals surface area contributed by atoms with Crippen LogP contribution < -0.4 is 0 Å². The van der Waals surface area contributed by atoms with Gasteiger partial charge in [0.05, 0.1) is 12.3 Å². The number of rotatable bonds is 2. The van der Waals surface area contributed by atoms with Crippen LogP contribution in [0, 0.1) is 0 Å². The van der Waals surface area contributed by atoms with Crippen LogP contribution in [0.2, 0.25) is 10.0 Å². The van der Waals surface area contributed by atoms with Crippen LogP contribution in [0.15, 0.2) is 23.4 Å². The van der Waals surface area contributed by atoms with Crippen molar-refractivity contribution in [2.45, 2.75) is 18.9 Å². The standard InChI is InChI=1S/C11H11Cl2NO2/c1-11(5-10(6-15)14-16-11)7-2-8(12)4-9(13)3-7/h2-4,15H,5-6H2,1H3. The SMILES string of the molecule is CC1(c2cc(Cl)cc(Cl)c2)CC(CO)=NO1. The molecule has 0 amide bonds. The molecule has 1 aliphatic rings. The molecular weight excluding hydrogens is 249 g/mol. The van der Waals surface area contributed by atoms with E-state index in [4.69, 9.17) is 33.1 Å². The van der Waals surface area contributed by atoms with E-state index in [-0.39, 0.29) is 6.61 Å². The predicted molar refractivity (Wildman–Crippen MR) is 64.0 cm³/mol. The molecule has 1 unspecified atom stereocenters. The fourth-order valence-corrected chi connectivity index (χ4v) is 2.24. The zero-order valence-corrected chi connectivity index (χ0v) is 10.2. The maximum atomic E-state index is 8.99. The second-order valence-electron chi connectivity index (χ2n) is 3.97. The Balaban J connectivity index is 2.31. The third-order valence-corrected chi connectivity index (χ3v) is 3.01. The number of hydrogen-bond donors (Lipinski definition) is 1. The lowest BCUT2D eigenvalue weighted by molar-refractivity contribution is -0.00737. The van der Waals surface area contributed by atoms with Gasteiger partial charge in [0.25, 0.3) is 0 Å². The first-order valence-corrected chi connectivity index (χ1v) is 5.60. The van der Waals surface area contributed by atoms with E-state index in [1.54, 1.807) is 18.2 Å². The molecule has 1 aromatic carbocycles. The minimum atomic E-state index is -0.591. The van der Waals surface area contributed by atoms with Crippen molar-refractivity contribution in [1.29, 1.82) is 0 Å². The van der Waals surface area contributed by atoms with Crippen molar-refractivity contribution < 1.29 is 9.94 Å². The van der Waals surface area contributed by atoms with Crippen molar-refractivity contribution in [2.75, 3.05) is 6.61 Å². The van der Waals surface area contributed by atoms with Crippen molar-refractivity contribution >= 4 is 28.9 Å². The molecule has 1 aliphatic heterocycles. The third-order valence-electron chi connectivity index (χ3n) is 2.57. The number of halogens is 2. The molecule has 86 valence electrons. The molecule has 0 radical (unpaired) electrons. The second-order valence-corrected chi connectivity index (χ2v) is 4.85. The normalized spacial score (nSPS) is 24.1. The summed E-state index contributed by atoms with van der Waals surface area (Å²) in [5.74, 6) is 0. The fourth-order valence-electron chi connectivity index (χ4n) is 1.72. The van der Waals surface area contributed by atoms with Crippen molar-refractivity contribution in [1.82, 2.24) is 0 Å². The zero-order valence-electron chi connectivity index (χ0n) is 8.70. The molecule has 16 heavy (non-hydrogen) atoms. The molecule has 3 nitrogen and oxygen atoms in total. The minimum absolute atomic E-state index is 0.0934. The first kappa shape index (κ1) is 11.7. The summed E-state index contributed by atoms with van der Waals surface area (Å²) in [5, 5.41) is 13.9. The number of benzene rings is 1. The highest BCUT2D eigenvalue weighted by Crippen LogP contribution is 2.36. The average molecular weight is 260 g/mol. The summed E-state index contributed by atoms with van der Waals surface area (Å²) in [7, 11) is 0. The van der Waals surface area contributed by atoms with Gasteiger partial charge in [-0.1, -0.05) is 28.4 Å². The molecule has 1 aromatic rings. The number of hydrogen-bond acceptors (Lipinski definition) is 3. The summed E-state index contributed by atoms with van der Waals surface area (Å²) in [5.41, 5.74) is 0.892. The average Bonchev–Trinajstić information content (AvgIpc) is 2.60. The molecule has 2 rings (SSSR count). The Labute approximate surface area is 104 Å². The molecular formula is C11H11Cl2NO2. The Bertz CT molecular complexity index is 427. The van der Waals surface area contributed by atoms with E-state index < -0.39 is 5.60 Å². The summed E-state index contributed by atoms with van der Waals surface area (Å²) in [6.45, 7) is 1.80. The van der Waals surface area contributed by atoms with Gasteiger partial charge in [-0.3, -0.25) is 0 Å². The van der Waals surface area contributed by atoms with Gasteiger partial charge in [0.15, 0.2) is 5.60 Å². The van der Waals surface area contributed by atoms with Gasteiger partial charge in [-0.2, -0.15) is 0 Å². The quantitative estimate of drug-likeness (QED) is 0.888. The van der Waals surface area contributed by atoms with Gasteiger partial charge in [0, 0.05) is 22.0 Å². The molecule has 0 aromatic heterocycles. The van der Waals surface area contributed by atoms with E-state index >= 15 is 0 Å². The Hall–Kier alpha value is -0.770. The Morgan fingerprint density at radius 2 is 2.00 bits per heavy atom. The highest BCUT2D eigenvalue weighted by molar-refractivity contribution is 6.34. The molecule has 0 bridgehead atoms. The van der Waals surface area contributed by atoms with Gasteiger partial charge < -0.3 is 9.94 Å². The van der Waals surface area contributed by atoms with Crippen LogP contribution >= 0.6 is 23.2 Å². The Morgan fingerprint density at radius 1 is 1.38 bits per heavy atom. The lowest BCUT2D eigenvalue weighted by Crippen LogP contribution is -2.22. The molecule has 0 aliphatic carbocycles. The molecule has 0 saturated heterocycles. The van der Waals surface area contributed by atoms with E-state index in [0.29, 0.717) is 22.2 Å². The first-order chi connectivity index (χ1) is 7.53. The van der Waals surface area contributed by atoms with E-state index in [9.17, 15) is 0 Å². The van der Waals surface area contributed by atoms with E-state index in [2.05, 4.69) is 5.16 Å². The number of aliphatic hydroxyl groups is 1. The highest BCUT2D eigenvalue weighted by atomic mass is 35.5. The Morgan fingerprint density at radius 3 is 2.50 bits per heavy atom. The minimum Gasteiger partial charge on any atom is -0.390 e. The van der Waals surface area contributed by atoms with Gasteiger partial charge in [-0.05, 0) is 25.1 Å². The van der Waals surface area contributed by atoms with Crippen LogP contribution in [-0.4, -0.2) is 17.4 Å². The Kier molecular flexibility index (Phi) is 3.10. The van der Waals surface area contributed by atoms with Crippen LogP contribution in [0.4, 0.5) is 0 Å². The van der Waals surface area contributed by atoms with E-state index in [1.807, 2.05) is 6.92 Å². The summed E-state index contributed by atoms with van der Waals surface area (Å²) in [6, 6.07) is 5.26. The molecule has 5 heteroatoms. The lowest BCUT2D eigenvalue weighted by Gasteiger charge is -2.22. The van der Waals surface area contributed by atoms with Crippen LogP contribution in [0.3, 0.4) is 0 Å². The summed E-state index contributed by atoms with van der Waals surface area (Å²) >= 11 is 11.9. The first-order valence-electron chi connectivity index (χ1n) is 4.85. The van der Waals surface area contributed by atoms with Gasteiger partial charge >= 0.3 is 0 Å². The van der Waals surface area contributed by atoms with Gasteiger partial charge in [0.2, 0.25) is 0 Å². The molecule has 1 heterocycles. The topological polar surface area (TPSA) is 41.8 Å². The van der Waals surface area contributed by atoms with E-state index in [0.717, 1.165) is 5.56 Å². The van der Waals surface area contributed by atoms with Gasteiger partial charge in [-0.25, -0.2) is 0 Å². The summed E-state index contributed by atoms with van der Waals surface area (Å²) < 4.78 is 0. The molecule has 1 N–H and O–H groups in total. The number of nitrogens with zero attached hydrogens (tertiary/aromatic N) is 1. The highest BCUT2D eigenvalue weighted by Gasteiger charge is 2.36. The van der Waals surface area contributed by atoms with E-state index in [1.165, 1.54) is 0 Å². The van der Waals surface area contributed by atoms with Crippen molar-refractivity contribution in [3.8, 4) is 0 Å². The lowest BCUT2D eigenvalue weighted by atomic mass is 9.91. The number of aliphatic hydroxyl groups excluding tert-OH is 1. The summed E-state index contributed by atoms with van der Waals surface area (Å²) in [4.78, 5) is 5.35. The third kappa shape index (κ3) is 2.17.